The molecular weight excluding hydrogens is 320 g/mol. The van der Waals surface area contributed by atoms with Gasteiger partial charge in [-0.1, -0.05) is 0 Å². The number of piperazine rings is 1. The predicted molar refractivity (Wildman–Crippen MR) is 81.3 cm³/mol. The van der Waals surface area contributed by atoms with E-state index in [1.165, 1.54) is 5.69 Å². The molecule has 0 aliphatic carbocycles. The topological polar surface area (TPSA) is 50.3 Å². The Kier molecular flexibility index (Phi) is 4.13. The van der Waals surface area contributed by atoms with Gasteiger partial charge in [-0.2, -0.15) is 0 Å². The van der Waals surface area contributed by atoms with Gasteiger partial charge in [0.2, 0.25) is 0 Å². The predicted octanol–water partition coefficient (Wildman–Crippen LogP) is 2.44. The molecule has 0 spiro atoms. The Labute approximate surface area is 126 Å². The molecule has 2 aromatic rings. The molecule has 5 nitrogen and oxygen atoms in total. The molecule has 0 bridgehead atoms. The Bertz CT molecular complexity index is 552. The molecule has 6 heteroatoms. The van der Waals surface area contributed by atoms with Crippen LogP contribution in [0.3, 0.4) is 0 Å². The number of benzene rings is 1. The molecule has 0 amide bonds. The summed E-state index contributed by atoms with van der Waals surface area (Å²) in [4.78, 5) is 10.5. The van der Waals surface area contributed by atoms with Gasteiger partial charge in [0.15, 0.2) is 0 Å². The van der Waals surface area contributed by atoms with E-state index in [-0.39, 0.29) is 0 Å². The first-order valence-electron chi connectivity index (χ1n) is 6.52. The zero-order valence-corrected chi connectivity index (χ0v) is 12.5. The summed E-state index contributed by atoms with van der Waals surface area (Å²) in [6.07, 6.45) is 3.33. The van der Waals surface area contributed by atoms with Crippen molar-refractivity contribution in [2.45, 2.75) is 0 Å². The quantitative estimate of drug-likeness (QED) is 0.934. The normalized spacial score (nSPS) is 15.2. The van der Waals surface area contributed by atoms with E-state index >= 15 is 0 Å². The molecule has 2 heterocycles. The van der Waals surface area contributed by atoms with Crippen LogP contribution < -0.4 is 15.0 Å². The number of aromatic nitrogens is 2. The Morgan fingerprint density at radius 3 is 2.35 bits per heavy atom. The molecule has 1 aliphatic heterocycles. The Hall–Kier alpha value is -1.66. The zero-order chi connectivity index (χ0) is 13.8. The van der Waals surface area contributed by atoms with Crippen LogP contribution in [0.4, 0.5) is 5.69 Å². The zero-order valence-electron chi connectivity index (χ0n) is 10.9. The highest BCUT2D eigenvalue weighted by atomic mass is 79.9. The first-order valence-corrected chi connectivity index (χ1v) is 7.32. The second kappa shape index (κ2) is 6.19. The second-order valence-corrected chi connectivity index (χ2v) is 5.43. The van der Waals surface area contributed by atoms with Gasteiger partial charge in [0.05, 0.1) is 4.47 Å². The summed E-state index contributed by atoms with van der Waals surface area (Å²) >= 11 is 3.29. The van der Waals surface area contributed by atoms with Gasteiger partial charge in [0.25, 0.3) is 0 Å². The lowest BCUT2D eigenvalue weighted by Gasteiger charge is -2.29. The molecule has 104 valence electrons. The first kappa shape index (κ1) is 13.3. The third-order valence-corrected chi connectivity index (χ3v) is 3.53. The largest absolute Gasteiger partial charge is 0.424 e. The molecule has 0 saturated carbocycles. The molecule has 0 atom stereocenters. The van der Waals surface area contributed by atoms with E-state index in [1.807, 2.05) is 12.1 Å². The van der Waals surface area contributed by atoms with Crippen LogP contribution in [-0.2, 0) is 0 Å². The summed E-state index contributed by atoms with van der Waals surface area (Å²) in [5.74, 6) is 0.742. The van der Waals surface area contributed by atoms with E-state index in [0.29, 0.717) is 6.01 Å². The van der Waals surface area contributed by atoms with Crippen molar-refractivity contribution in [3.8, 4) is 11.8 Å². The van der Waals surface area contributed by atoms with Gasteiger partial charge in [0.1, 0.15) is 5.75 Å². The number of nitrogens with zero attached hydrogens (tertiary/aromatic N) is 3. The SMILES string of the molecule is Brc1cnc(Oc2ccc(N3CCNCC3)cc2)nc1. The molecule has 1 aromatic carbocycles. The van der Waals surface area contributed by atoms with Crippen molar-refractivity contribution in [1.82, 2.24) is 15.3 Å². The van der Waals surface area contributed by atoms with Gasteiger partial charge >= 0.3 is 6.01 Å². The van der Waals surface area contributed by atoms with Crippen LogP contribution in [0, 0.1) is 0 Å². The molecule has 20 heavy (non-hydrogen) atoms. The van der Waals surface area contributed by atoms with Gasteiger partial charge in [0, 0.05) is 44.3 Å². The smallest absolute Gasteiger partial charge is 0.321 e. The highest BCUT2D eigenvalue weighted by Crippen LogP contribution is 2.23. The number of halogens is 1. The summed E-state index contributed by atoms with van der Waals surface area (Å²) in [6.45, 7) is 4.14. The van der Waals surface area contributed by atoms with Crippen molar-refractivity contribution in [3.05, 3.63) is 41.1 Å². The molecule has 3 rings (SSSR count). The Morgan fingerprint density at radius 1 is 1.05 bits per heavy atom. The maximum absolute atomic E-state index is 5.60. The lowest BCUT2D eigenvalue weighted by Crippen LogP contribution is -2.43. The summed E-state index contributed by atoms with van der Waals surface area (Å²) in [5.41, 5.74) is 1.22. The van der Waals surface area contributed by atoms with Crippen LogP contribution >= 0.6 is 15.9 Å². The lowest BCUT2D eigenvalue weighted by molar-refractivity contribution is 0.441. The van der Waals surface area contributed by atoms with Crippen molar-refractivity contribution in [3.63, 3.8) is 0 Å². The summed E-state index contributed by atoms with van der Waals surface area (Å²) in [6, 6.07) is 8.38. The lowest BCUT2D eigenvalue weighted by atomic mass is 10.2. The Morgan fingerprint density at radius 2 is 1.70 bits per heavy atom. The minimum absolute atomic E-state index is 0.350. The fourth-order valence-corrected chi connectivity index (χ4v) is 2.31. The van der Waals surface area contributed by atoms with Crippen LogP contribution in [0.15, 0.2) is 41.1 Å². The van der Waals surface area contributed by atoms with Crippen molar-refractivity contribution < 1.29 is 4.74 Å². The molecule has 1 fully saturated rings. The second-order valence-electron chi connectivity index (χ2n) is 4.52. The number of ether oxygens (including phenoxy) is 1. The molecule has 0 radical (unpaired) electrons. The Balaban J connectivity index is 1.67. The van der Waals surface area contributed by atoms with E-state index in [4.69, 9.17) is 4.74 Å². The van der Waals surface area contributed by atoms with Gasteiger partial charge in [-0.25, -0.2) is 9.97 Å². The molecule has 1 aromatic heterocycles. The van der Waals surface area contributed by atoms with Crippen molar-refractivity contribution in [2.24, 2.45) is 0 Å². The van der Waals surface area contributed by atoms with Gasteiger partial charge in [-0.15, -0.1) is 0 Å². The van der Waals surface area contributed by atoms with E-state index in [1.54, 1.807) is 12.4 Å². The summed E-state index contributed by atoms with van der Waals surface area (Å²) in [5, 5.41) is 3.35. The fourth-order valence-electron chi connectivity index (χ4n) is 2.11. The highest BCUT2D eigenvalue weighted by Gasteiger charge is 2.10. The van der Waals surface area contributed by atoms with Gasteiger partial charge < -0.3 is 15.0 Å². The fraction of sp³-hybridized carbons (Fsp3) is 0.286. The average molecular weight is 335 g/mol. The molecule has 1 saturated heterocycles. The molecule has 0 unspecified atom stereocenters. The molecular formula is C14H15BrN4O. The minimum Gasteiger partial charge on any atom is -0.424 e. The van der Waals surface area contributed by atoms with Crippen molar-refractivity contribution in [2.75, 3.05) is 31.1 Å². The number of rotatable bonds is 3. The maximum atomic E-state index is 5.60. The highest BCUT2D eigenvalue weighted by molar-refractivity contribution is 9.10. The standard InChI is InChI=1S/C14H15BrN4O/c15-11-9-17-14(18-10-11)20-13-3-1-12(2-4-13)19-7-5-16-6-8-19/h1-4,9-10,16H,5-8H2. The average Bonchev–Trinajstić information content (AvgIpc) is 2.51. The summed E-state index contributed by atoms with van der Waals surface area (Å²) in [7, 11) is 0. The third-order valence-electron chi connectivity index (χ3n) is 3.12. The van der Waals surface area contributed by atoms with Gasteiger partial charge in [-0.3, -0.25) is 0 Å². The van der Waals surface area contributed by atoms with Crippen molar-refractivity contribution in [1.29, 1.82) is 0 Å². The first-order chi connectivity index (χ1) is 9.81. The monoisotopic (exact) mass is 334 g/mol. The van der Waals surface area contributed by atoms with E-state index < -0.39 is 0 Å². The van der Waals surface area contributed by atoms with Crippen LogP contribution in [0.25, 0.3) is 0 Å². The van der Waals surface area contributed by atoms with E-state index in [0.717, 1.165) is 36.4 Å². The molecule has 1 aliphatic rings. The number of hydrogen-bond acceptors (Lipinski definition) is 5. The minimum atomic E-state index is 0.350. The maximum Gasteiger partial charge on any atom is 0.321 e. The summed E-state index contributed by atoms with van der Waals surface area (Å²) < 4.78 is 6.43. The number of hydrogen-bond donors (Lipinski definition) is 1. The van der Waals surface area contributed by atoms with Crippen LogP contribution in [0.2, 0.25) is 0 Å². The van der Waals surface area contributed by atoms with Crippen LogP contribution in [0.1, 0.15) is 0 Å². The third kappa shape index (κ3) is 3.26. The van der Waals surface area contributed by atoms with Crippen molar-refractivity contribution >= 4 is 21.6 Å². The number of anilines is 1. The molecule has 1 N–H and O–H groups in total. The van der Waals surface area contributed by atoms with E-state index in [2.05, 4.69) is 48.2 Å². The van der Waals surface area contributed by atoms with Gasteiger partial charge in [-0.05, 0) is 40.2 Å². The van der Waals surface area contributed by atoms with Crippen LogP contribution in [-0.4, -0.2) is 36.1 Å². The number of nitrogens with one attached hydrogen (secondary N) is 1. The van der Waals surface area contributed by atoms with Crippen LogP contribution in [0.5, 0.6) is 11.8 Å². The van der Waals surface area contributed by atoms with E-state index in [9.17, 15) is 0 Å².